The summed E-state index contributed by atoms with van der Waals surface area (Å²) in [7, 11) is 0. The summed E-state index contributed by atoms with van der Waals surface area (Å²) in [5.74, 6) is 6.25. The summed E-state index contributed by atoms with van der Waals surface area (Å²) >= 11 is 0. The molecule has 6 heteroatoms. The van der Waals surface area contributed by atoms with Gasteiger partial charge in [0.1, 0.15) is 5.76 Å². The molecule has 0 aliphatic heterocycles. The third-order valence-electron chi connectivity index (χ3n) is 4.11. The quantitative estimate of drug-likeness (QED) is 0.578. The van der Waals surface area contributed by atoms with Crippen LogP contribution in [0, 0.1) is 11.8 Å². The normalized spacial score (nSPS) is 10.3. The van der Waals surface area contributed by atoms with Gasteiger partial charge in [0, 0.05) is 6.54 Å². The van der Waals surface area contributed by atoms with Crippen LogP contribution in [0.1, 0.15) is 35.2 Å². The minimum absolute atomic E-state index is 0.205. The fourth-order valence-electron chi connectivity index (χ4n) is 2.72. The lowest BCUT2D eigenvalue weighted by molar-refractivity contribution is 0.0749. The lowest BCUT2D eigenvalue weighted by Crippen LogP contribution is -2.31. The number of furan rings is 1. The molecule has 138 valence electrons. The number of carbonyl (C=O) groups is 1. The van der Waals surface area contributed by atoms with Crippen molar-refractivity contribution in [2.75, 3.05) is 6.54 Å². The minimum atomic E-state index is -0.205. The highest BCUT2D eigenvalue weighted by molar-refractivity contribution is 5.92. The zero-order valence-electron chi connectivity index (χ0n) is 15.3. The van der Waals surface area contributed by atoms with Crippen LogP contribution in [-0.2, 0) is 19.5 Å². The van der Waals surface area contributed by atoms with Gasteiger partial charge in [-0.15, -0.1) is 11.0 Å². The first kappa shape index (κ1) is 18.5. The Morgan fingerprint density at radius 3 is 2.81 bits per heavy atom. The summed E-state index contributed by atoms with van der Waals surface area (Å²) in [5.41, 5.74) is 1.61. The molecule has 0 spiro atoms. The Morgan fingerprint density at radius 2 is 2.07 bits per heavy atom. The van der Waals surface area contributed by atoms with Gasteiger partial charge in [-0.2, -0.15) is 0 Å². The van der Waals surface area contributed by atoms with Gasteiger partial charge in [-0.25, -0.2) is 0 Å². The number of amides is 1. The van der Waals surface area contributed by atoms with Gasteiger partial charge >= 0.3 is 0 Å². The molecule has 27 heavy (non-hydrogen) atoms. The maximum Gasteiger partial charge on any atom is 0.277 e. The van der Waals surface area contributed by atoms with Crippen LogP contribution in [0.25, 0.3) is 0 Å². The number of hydrogen-bond donors (Lipinski definition) is 0. The first-order valence-corrected chi connectivity index (χ1v) is 8.91. The van der Waals surface area contributed by atoms with Crippen LogP contribution in [0.5, 0.6) is 0 Å². The SMILES string of the molecule is CC#CCN(Cc1ccco1)C(=O)c1cn(CCCc2ccccc2)nn1. The lowest BCUT2D eigenvalue weighted by atomic mass is 10.1. The molecule has 0 atom stereocenters. The fourth-order valence-corrected chi connectivity index (χ4v) is 2.72. The van der Waals surface area contributed by atoms with E-state index in [1.807, 2.05) is 24.3 Å². The molecule has 0 N–H and O–H groups in total. The van der Waals surface area contributed by atoms with Gasteiger partial charge in [-0.05, 0) is 37.5 Å². The largest absolute Gasteiger partial charge is 0.467 e. The van der Waals surface area contributed by atoms with Crippen LogP contribution >= 0.6 is 0 Å². The average Bonchev–Trinajstić information content (AvgIpc) is 3.37. The Kier molecular flexibility index (Phi) is 6.42. The first-order chi connectivity index (χ1) is 13.3. The summed E-state index contributed by atoms with van der Waals surface area (Å²) in [6, 6.07) is 13.9. The number of rotatable bonds is 8. The summed E-state index contributed by atoms with van der Waals surface area (Å²) < 4.78 is 7.06. The predicted molar refractivity (Wildman–Crippen MR) is 102 cm³/mol. The molecule has 3 rings (SSSR count). The van der Waals surface area contributed by atoms with E-state index in [1.165, 1.54) is 5.56 Å². The molecule has 2 aromatic heterocycles. The molecule has 0 aliphatic carbocycles. The highest BCUT2D eigenvalue weighted by Crippen LogP contribution is 2.09. The van der Waals surface area contributed by atoms with E-state index < -0.39 is 0 Å². The molecule has 0 fully saturated rings. The van der Waals surface area contributed by atoms with E-state index >= 15 is 0 Å². The van der Waals surface area contributed by atoms with Gasteiger partial charge in [0.2, 0.25) is 0 Å². The minimum Gasteiger partial charge on any atom is -0.467 e. The molecule has 0 unspecified atom stereocenters. The maximum atomic E-state index is 12.8. The molecular formula is C21H22N4O2. The Labute approximate surface area is 158 Å². The first-order valence-electron chi connectivity index (χ1n) is 8.91. The van der Waals surface area contributed by atoms with Crippen LogP contribution in [-0.4, -0.2) is 32.3 Å². The van der Waals surface area contributed by atoms with Gasteiger partial charge < -0.3 is 9.32 Å². The van der Waals surface area contributed by atoms with Gasteiger partial charge in [0.05, 0.1) is 25.5 Å². The number of carbonyl (C=O) groups excluding carboxylic acids is 1. The highest BCUT2D eigenvalue weighted by Gasteiger charge is 2.19. The Hall–Kier alpha value is -3.33. The van der Waals surface area contributed by atoms with Gasteiger partial charge in [0.15, 0.2) is 5.69 Å². The summed E-state index contributed by atoms with van der Waals surface area (Å²) in [5, 5.41) is 8.13. The highest BCUT2D eigenvalue weighted by atomic mass is 16.3. The molecule has 2 heterocycles. The van der Waals surface area contributed by atoms with Crippen LogP contribution in [0.4, 0.5) is 0 Å². The van der Waals surface area contributed by atoms with Crippen molar-refractivity contribution in [1.29, 1.82) is 0 Å². The van der Waals surface area contributed by atoms with E-state index in [2.05, 4.69) is 34.3 Å². The van der Waals surface area contributed by atoms with E-state index in [0.29, 0.717) is 31.1 Å². The van der Waals surface area contributed by atoms with Crippen molar-refractivity contribution in [3.05, 3.63) is 71.9 Å². The van der Waals surface area contributed by atoms with Crippen molar-refractivity contribution >= 4 is 5.91 Å². The smallest absolute Gasteiger partial charge is 0.277 e. The summed E-state index contributed by atoms with van der Waals surface area (Å²) in [6.07, 6.45) is 5.17. The molecule has 0 bridgehead atoms. The Bertz CT molecular complexity index is 905. The van der Waals surface area contributed by atoms with E-state index in [4.69, 9.17) is 4.42 Å². The van der Waals surface area contributed by atoms with Crippen molar-refractivity contribution in [2.24, 2.45) is 0 Å². The Morgan fingerprint density at radius 1 is 1.22 bits per heavy atom. The van der Waals surface area contributed by atoms with Crippen molar-refractivity contribution < 1.29 is 9.21 Å². The second kappa shape index (κ2) is 9.39. The van der Waals surface area contributed by atoms with E-state index in [9.17, 15) is 4.79 Å². The molecule has 0 saturated carbocycles. The molecule has 0 radical (unpaired) electrons. The number of benzene rings is 1. The van der Waals surface area contributed by atoms with E-state index in [-0.39, 0.29) is 5.91 Å². The zero-order valence-corrected chi connectivity index (χ0v) is 15.3. The van der Waals surface area contributed by atoms with Crippen LogP contribution in [0.2, 0.25) is 0 Å². The molecule has 0 aliphatic rings. The lowest BCUT2D eigenvalue weighted by Gasteiger charge is -2.17. The van der Waals surface area contributed by atoms with Crippen molar-refractivity contribution in [2.45, 2.75) is 32.9 Å². The molecule has 0 saturated heterocycles. The molecule has 1 amide bonds. The standard InChI is InChI=1S/C21H22N4O2/c1-2-3-13-24(16-19-12-8-15-27-19)21(26)20-17-25(23-22-20)14-7-11-18-9-5-4-6-10-18/h4-6,8-10,12,15,17H,7,11,13-14,16H2,1H3. The second-order valence-electron chi connectivity index (χ2n) is 6.12. The van der Waals surface area contributed by atoms with E-state index in [1.54, 1.807) is 35.0 Å². The molecule has 6 nitrogen and oxygen atoms in total. The topological polar surface area (TPSA) is 64.2 Å². The molecular weight excluding hydrogens is 340 g/mol. The monoisotopic (exact) mass is 362 g/mol. The molecule has 3 aromatic rings. The zero-order chi connectivity index (χ0) is 18.9. The Balaban J connectivity index is 1.60. The average molecular weight is 362 g/mol. The summed E-state index contributed by atoms with van der Waals surface area (Å²) in [6.45, 7) is 3.12. The fraction of sp³-hybridized carbons (Fsp3) is 0.286. The van der Waals surface area contributed by atoms with Crippen molar-refractivity contribution in [3.8, 4) is 11.8 Å². The van der Waals surface area contributed by atoms with E-state index in [0.717, 1.165) is 12.8 Å². The predicted octanol–water partition coefficient (Wildman–Crippen LogP) is 3.17. The number of hydrogen-bond acceptors (Lipinski definition) is 4. The van der Waals surface area contributed by atoms with Gasteiger partial charge in [-0.3, -0.25) is 9.48 Å². The van der Waals surface area contributed by atoms with Crippen LogP contribution in [0.3, 0.4) is 0 Å². The van der Waals surface area contributed by atoms with Crippen molar-refractivity contribution in [1.82, 2.24) is 19.9 Å². The van der Waals surface area contributed by atoms with Gasteiger partial charge in [-0.1, -0.05) is 41.5 Å². The number of aromatic nitrogens is 3. The van der Waals surface area contributed by atoms with Crippen LogP contribution in [0.15, 0.2) is 59.3 Å². The van der Waals surface area contributed by atoms with Gasteiger partial charge in [0.25, 0.3) is 5.91 Å². The second-order valence-corrected chi connectivity index (χ2v) is 6.12. The van der Waals surface area contributed by atoms with Crippen molar-refractivity contribution in [3.63, 3.8) is 0 Å². The van der Waals surface area contributed by atoms with Crippen LogP contribution < -0.4 is 0 Å². The molecule has 1 aromatic carbocycles. The summed E-state index contributed by atoms with van der Waals surface area (Å²) in [4.78, 5) is 14.4. The third-order valence-corrected chi connectivity index (χ3v) is 4.11. The maximum absolute atomic E-state index is 12.8. The number of nitrogens with zero attached hydrogens (tertiary/aromatic N) is 4. The number of aryl methyl sites for hydroxylation is 2. The third kappa shape index (κ3) is 5.32.